The molecule has 0 saturated carbocycles. The van der Waals surface area contributed by atoms with Crippen LogP contribution in [0.4, 0.5) is 5.69 Å². The molecule has 1 aliphatic heterocycles. The highest BCUT2D eigenvalue weighted by Gasteiger charge is 2.37. The molecule has 0 spiro atoms. The summed E-state index contributed by atoms with van der Waals surface area (Å²) < 4.78 is 23.9. The molecule has 8 heteroatoms. The minimum Gasteiger partial charge on any atom is -0.393 e. The SMILES string of the molecule is Cc1ccc(-c2cc(N)c(C(=O)N[C@]3(C)C=CS(=O)(=O)C3)[n+](O)c2)cc1C. The topological polar surface area (TPSA) is 113 Å². The van der Waals surface area contributed by atoms with Gasteiger partial charge in [0.2, 0.25) is 6.20 Å². The first-order valence-corrected chi connectivity index (χ1v) is 10.1. The van der Waals surface area contributed by atoms with E-state index >= 15 is 0 Å². The van der Waals surface area contributed by atoms with Crippen LogP contribution in [0.3, 0.4) is 0 Å². The van der Waals surface area contributed by atoms with Gasteiger partial charge in [0.1, 0.15) is 5.69 Å². The van der Waals surface area contributed by atoms with E-state index in [0.29, 0.717) is 10.3 Å². The summed E-state index contributed by atoms with van der Waals surface area (Å²) in [6, 6.07) is 7.46. The summed E-state index contributed by atoms with van der Waals surface area (Å²) in [6.45, 7) is 5.58. The third-order valence-corrected chi connectivity index (χ3v) is 6.23. The molecule has 0 fully saturated rings. The van der Waals surface area contributed by atoms with E-state index in [-0.39, 0.29) is 17.1 Å². The van der Waals surface area contributed by atoms with E-state index < -0.39 is 21.3 Å². The van der Waals surface area contributed by atoms with Crippen LogP contribution in [-0.2, 0) is 9.84 Å². The molecular weight excluding hydrogens is 366 g/mol. The maximum atomic E-state index is 12.6. The monoisotopic (exact) mass is 388 g/mol. The summed E-state index contributed by atoms with van der Waals surface area (Å²) in [6.07, 6.45) is 2.82. The fourth-order valence-corrected chi connectivity index (χ4v) is 4.69. The molecule has 0 bridgehead atoms. The van der Waals surface area contributed by atoms with Crippen LogP contribution in [0, 0.1) is 13.8 Å². The molecule has 3 rings (SSSR count). The van der Waals surface area contributed by atoms with Gasteiger partial charge in [-0.05, 0) is 49.6 Å². The third kappa shape index (κ3) is 3.80. The highest BCUT2D eigenvalue weighted by atomic mass is 32.2. The van der Waals surface area contributed by atoms with Gasteiger partial charge in [0.25, 0.3) is 0 Å². The predicted molar refractivity (Wildman–Crippen MR) is 102 cm³/mol. The Morgan fingerprint density at radius 2 is 1.93 bits per heavy atom. The quantitative estimate of drug-likeness (QED) is 0.545. The normalized spacial score (nSPS) is 20.6. The number of nitrogens with two attached hydrogens (primary N) is 1. The standard InChI is InChI=1S/C19H21N3O4S/c1-12-4-5-14(8-13(12)2)15-9-16(20)17(22(24)10-15)18(23)21-19(3)6-7-27(25,26)11-19/h4-10H,11H2,1-3H3,(H3-,20,21,23,24)/p+1/t19-/m1/s1. The number of aromatic nitrogens is 1. The summed E-state index contributed by atoms with van der Waals surface area (Å²) >= 11 is 0. The number of pyridine rings is 1. The molecule has 142 valence electrons. The Bertz CT molecular complexity index is 1050. The zero-order chi connectivity index (χ0) is 20.0. The molecule has 4 N–H and O–H groups in total. The zero-order valence-electron chi connectivity index (χ0n) is 15.4. The van der Waals surface area contributed by atoms with Crippen molar-refractivity contribution in [3.8, 4) is 11.1 Å². The van der Waals surface area contributed by atoms with Crippen molar-refractivity contribution >= 4 is 21.4 Å². The first-order valence-electron chi connectivity index (χ1n) is 8.36. The van der Waals surface area contributed by atoms with Crippen LogP contribution < -0.4 is 15.8 Å². The average molecular weight is 388 g/mol. The first-order chi connectivity index (χ1) is 12.5. The number of anilines is 1. The summed E-state index contributed by atoms with van der Waals surface area (Å²) in [5, 5.41) is 14.0. The minimum atomic E-state index is -3.35. The van der Waals surface area contributed by atoms with E-state index in [1.54, 1.807) is 13.0 Å². The van der Waals surface area contributed by atoms with E-state index in [2.05, 4.69) is 5.32 Å². The molecule has 27 heavy (non-hydrogen) atoms. The zero-order valence-corrected chi connectivity index (χ0v) is 16.2. The van der Waals surface area contributed by atoms with Crippen molar-refractivity contribution in [3.63, 3.8) is 0 Å². The number of nitrogens with one attached hydrogen (secondary N) is 1. The van der Waals surface area contributed by atoms with Gasteiger partial charge < -0.3 is 11.1 Å². The smallest absolute Gasteiger partial charge is 0.344 e. The number of nitrogens with zero attached hydrogens (tertiary/aromatic N) is 1. The molecule has 0 saturated heterocycles. The van der Waals surface area contributed by atoms with Crippen molar-refractivity contribution in [1.82, 2.24) is 5.32 Å². The summed E-state index contributed by atoms with van der Waals surface area (Å²) in [7, 11) is -3.35. The average Bonchev–Trinajstić information content (AvgIpc) is 2.82. The van der Waals surface area contributed by atoms with Crippen LogP contribution in [0.2, 0.25) is 0 Å². The van der Waals surface area contributed by atoms with Crippen molar-refractivity contribution in [2.75, 3.05) is 11.5 Å². The molecule has 0 unspecified atom stereocenters. The molecule has 1 amide bonds. The minimum absolute atomic E-state index is 0.0826. The fraction of sp³-hybridized carbons (Fsp3) is 0.263. The molecule has 1 aromatic carbocycles. The number of carbonyl (C=O) groups excluding carboxylic acids is 1. The second-order valence-corrected chi connectivity index (χ2v) is 9.04. The van der Waals surface area contributed by atoms with Crippen molar-refractivity contribution in [3.05, 3.63) is 58.8 Å². The largest absolute Gasteiger partial charge is 0.393 e. The molecule has 0 aliphatic carbocycles. The third-order valence-electron chi connectivity index (χ3n) is 4.67. The van der Waals surface area contributed by atoms with Crippen LogP contribution in [0.25, 0.3) is 11.1 Å². The number of amides is 1. The second kappa shape index (κ2) is 6.38. The fourth-order valence-electron chi connectivity index (χ4n) is 3.08. The second-order valence-electron chi connectivity index (χ2n) is 7.16. The van der Waals surface area contributed by atoms with Gasteiger partial charge in [-0.2, -0.15) is 0 Å². The molecule has 1 atom stereocenters. The molecule has 1 aromatic heterocycles. The van der Waals surface area contributed by atoms with E-state index in [4.69, 9.17) is 5.73 Å². The van der Waals surface area contributed by atoms with Gasteiger partial charge in [-0.1, -0.05) is 18.2 Å². The molecular formula is C19H22N3O4S+. The van der Waals surface area contributed by atoms with E-state index in [1.807, 2.05) is 32.0 Å². The number of carbonyl (C=O) groups is 1. The van der Waals surface area contributed by atoms with Gasteiger partial charge in [0.05, 0.1) is 16.9 Å². The molecule has 2 heterocycles. The predicted octanol–water partition coefficient (Wildman–Crippen LogP) is 1.51. The molecule has 0 radical (unpaired) electrons. The van der Waals surface area contributed by atoms with Crippen molar-refractivity contribution in [2.24, 2.45) is 0 Å². The lowest BCUT2D eigenvalue weighted by Crippen LogP contribution is -2.51. The number of aryl methyl sites for hydroxylation is 2. The van der Waals surface area contributed by atoms with Crippen molar-refractivity contribution in [1.29, 1.82) is 0 Å². The van der Waals surface area contributed by atoms with Gasteiger partial charge in [0.15, 0.2) is 9.84 Å². The first kappa shape index (κ1) is 18.9. The Morgan fingerprint density at radius 3 is 2.48 bits per heavy atom. The van der Waals surface area contributed by atoms with Gasteiger partial charge in [0, 0.05) is 10.1 Å². The number of rotatable bonds is 3. The van der Waals surface area contributed by atoms with Crippen LogP contribution >= 0.6 is 0 Å². The lowest BCUT2D eigenvalue weighted by atomic mass is 10.0. The summed E-state index contributed by atoms with van der Waals surface area (Å²) in [5.74, 6) is -0.900. The Balaban J connectivity index is 1.92. The maximum Gasteiger partial charge on any atom is 0.344 e. The van der Waals surface area contributed by atoms with Gasteiger partial charge in [-0.15, -0.1) is 0 Å². The van der Waals surface area contributed by atoms with Crippen molar-refractivity contribution < 1.29 is 23.1 Å². The molecule has 1 aliphatic rings. The van der Waals surface area contributed by atoms with E-state index in [1.165, 1.54) is 12.3 Å². The maximum absolute atomic E-state index is 12.6. The number of sulfone groups is 1. The molecule has 2 aromatic rings. The Morgan fingerprint density at radius 1 is 1.22 bits per heavy atom. The Labute approximate surface area is 158 Å². The van der Waals surface area contributed by atoms with E-state index in [0.717, 1.165) is 22.1 Å². The van der Waals surface area contributed by atoms with Crippen molar-refractivity contribution in [2.45, 2.75) is 26.3 Å². The van der Waals surface area contributed by atoms with Crippen LogP contribution in [-0.4, -0.2) is 30.8 Å². The van der Waals surface area contributed by atoms with Crippen LogP contribution in [0.5, 0.6) is 0 Å². The Hall–Kier alpha value is -2.87. The number of benzene rings is 1. The van der Waals surface area contributed by atoms with Gasteiger partial charge in [-0.25, -0.2) is 8.42 Å². The summed E-state index contributed by atoms with van der Waals surface area (Å²) in [5.41, 5.74) is 8.66. The highest BCUT2D eigenvalue weighted by Crippen LogP contribution is 2.25. The number of hydrogen-bond donors (Lipinski definition) is 3. The van der Waals surface area contributed by atoms with Crippen LogP contribution in [0.1, 0.15) is 28.5 Å². The van der Waals surface area contributed by atoms with Gasteiger partial charge in [-0.3, -0.25) is 10.0 Å². The van der Waals surface area contributed by atoms with Gasteiger partial charge >= 0.3 is 11.6 Å². The highest BCUT2D eigenvalue weighted by molar-refractivity contribution is 7.94. The van der Waals surface area contributed by atoms with Crippen LogP contribution in [0.15, 0.2) is 41.9 Å². The lowest BCUT2D eigenvalue weighted by molar-refractivity contribution is -0.905. The molecule has 7 nitrogen and oxygen atoms in total. The van der Waals surface area contributed by atoms with E-state index in [9.17, 15) is 18.4 Å². The lowest BCUT2D eigenvalue weighted by Gasteiger charge is -2.21. The number of nitrogen functional groups attached to an aromatic ring is 1. The summed E-state index contributed by atoms with van der Waals surface area (Å²) in [4.78, 5) is 12.6. The number of hydrogen-bond acceptors (Lipinski definition) is 5. The Kier molecular flexibility index (Phi) is 4.47.